The van der Waals surface area contributed by atoms with Crippen molar-refractivity contribution < 1.29 is 28.8 Å². The number of phosphoric ester groups is 1. The molecule has 0 aliphatic carbocycles. The molecule has 1 unspecified atom stereocenters. The number of aliphatic hydroxyl groups is 1. The smallest absolute Gasteiger partial charge is 0.395 e. The van der Waals surface area contributed by atoms with Crippen LogP contribution in [0.2, 0.25) is 0 Å². The molecule has 0 aromatic rings. The zero-order valence-electron chi connectivity index (χ0n) is 7.87. The highest BCUT2D eigenvalue weighted by Crippen LogP contribution is 2.38. The molecule has 8 nitrogen and oxygen atoms in total. The lowest BCUT2D eigenvalue weighted by atomic mass is 10.3. The Bertz CT molecular complexity index is 279. The molecule has 0 spiro atoms. The number of carbonyl (C=O) groups is 1. The molecule has 1 rings (SSSR count). The number of nitrogens with one attached hydrogen (secondary N) is 1. The van der Waals surface area contributed by atoms with Crippen LogP contribution in [0.25, 0.3) is 0 Å². The number of β-amino-alcohol motifs (C(OH)–C–C–N with tert-alkyl or cyclic N) is 1. The first-order chi connectivity index (χ1) is 6.94. The highest BCUT2D eigenvalue weighted by Gasteiger charge is 2.32. The van der Waals surface area contributed by atoms with Crippen LogP contribution in [0.4, 0.5) is 0 Å². The molecule has 15 heavy (non-hydrogen) atoms. The van der Waals surface area contributed by atoms with Gasteiger partial charge in [0, 0.05) is 13.1 Å². The van der Waals surface area contributed by atoms with Gasteiger partial charge in [0.15, 0.2) is 6.23 Å². The zero-order chi connectivity index (χ0) is 11.5. The van der Waals surface area contributed by atoms with Crippen molar-refractivity contribution in [2.75, 3.05) is 26.2 Å². The minimum Gasteiger partial charge on any atom is -0.395 e. The highest BCUT2D eigenvalue weighted by atomic mass is 31.2. The summed E-state index contributed by atoms with van der Waals surface area (Å²) in [6.45, 7) is -0.101. The van der Waals surface area contributed by atoms with E-state index in [1.165, 1.54) is 0 Å². The Morgan fingerprint density at radius 2 is 2.27 bits per heavy atom. The van der Waals surface area contributed by atoms with Gasteiger partial charge in [0.25, 0.3) is 0 Å². The fraction of sp³-hybridized carbons (Fsp3) is 0.833. The van der Waals surface area contributed by atoms with Gasteiger partial charge in [0.05, 0.1) is 13.2 Å². The Labute approximate surface area is 86.1 Å². The standard InChI is InChI=1S/C6H13N2O6P/c9-2-1-8-5(10)3-7-4-6(8)14-15(11,12)13/h6-7,9H,1-4H2,(H2,11,12,13). The fourth-order valence-electron chi connectivity index (χ4n) is 1.30. The van der Waals surface area contributed by atoms with E-state index in [1.807, 2.05) is 0 Å². The number of rotatable bonds is 4. The number of hydrogen-bond donors (Lipinski definition) is 4. The van der Waals surface area contributed by atoms with Crippen LogP contribution in [0.15, 0.2) is 0 Å². The van der Waals surface area contributed by atoms with Crippen molar-refractivity contribution in [3.63, 3.8) is 0 Å². The molecule has 1 saturated heterocycles. The van der Waals surface area contributed by atoms with Gasteiger partial charge in [-0.15, -0.1) is 0 Å². The van der Waals surface area contributed by atoms with E-state index in [0.717, 1.165) is 4.90 Å². The Kier molecular flexibility index (Phi) is 4.21. The molecule has 0 bridgehead atoms. The van der Waals surface area contributed by atoms with Crippen molar-refractivity contribution in [2.45, 2.75) is 6.23 Å². The summed E-state index contributed by atoms with van der Waals surface area (Å²) >= 11 is 0. The predicted octanol–water partition coefficient (Wildman–Crippen LogP) is -2.15. The second kappa shape index (κ2) is 5.02. The average molecular weight is 240 g/mol. The number of phosphoric acid groups is 1. The van der Waals surface area contributed by atoms with E-state index in [1.54, 1.807) is 0 Å². The molecule has 1 aliphatic heterocycles. The molecule has 1 amide bonds. The Morgan fingerprint density at radius 3 is 2.80 bits per heavy atom. The fourth-order valence-corrected chi connectivity index (χ4v) is 1.81. The molecule has 1 fully saturated rings. The van der Waals surface area contributed by atoms with E-state index in [9.17, 15) is 9.36 Å². The number of amides is 1. The number of piperazine rings is 1. The summed E-state index contributed by atoms with van der Waals surface area (Å²) in [6.07, 6.45) is -1.04. The van der Waals surface area contributed by atoms with E-state index in [2.05, 4.69) is 9.84 Å². The average Bonchev–Trinajstić information content (AvgIpc) is 2.08. The van der Waals surface area contributed by atoms with Gasteiger partial charge in [0.2, 0.25) is 5.91 Å². The maximum atomic E-state index is 11.3. The lowest BCUT2D eigenvalue weighted by Crippen LogP contribution is -2.56. The Hall–Kier alpha value is -0.500. The van der Waals surface area contributed by atoms with E-state index in [-0.39, 0.29) is 32.1 Å². The molecule has 1 heterocycles. The third-order valence-corrected chi connectivity index (χ3v) is 2.38. The SMILES string of the molecule is O=C1CNCC(OP(=O)(O)O)N1CCO. The second-order valence-electron chi connectivity index (χ2n) is 2.99. The minimum absolute atomic E-state index is 0.00875. The van der Waals surface area contributed by atoms with Crippen LogP contribution < -0.4 is 5.32 Å². The van der Waals surface area contributed by atoms with Gasteiger partial charge in [-0.1, -0.05) is 0 Å². The third-order valence-electron chi connectivity index (χ3n) is 1.86. The Balaban J connectivity index is 2.66. The number of hydrogen-bond acceptors (Lipinski definition) is 5. The van der Waals surface area contributed by atoms with E-state index < -0.39 is 14.1 Å². The van der Waals surface area contributed by atoms with Crippen molar-refractivity contribution in [1.29, 1.82) is 0 Å². The maximum Gasteiger partial charge on any atom is 0.471 e. The van der Waals surface area contributed by atoms with Crippen LogP contribution in [0.5, 0.6) is 0 Å². The molecule has 4 N–H and O–H groups in total. The quantitative estimate of drug-likeness (QED) is 0.413. The zero-order valence-corrected chi connectivity index (χ0v) is 8.76. The highest BCUT2D eigenvalue weighted by molar-refractivity contribution is 7.46. The van der Waals surface area contributed by atoms with Crippen molar-refractivity contribution in [1.82, 2.24) is 10.2 Å². The van der Waals surface area contributed by atoms with E-state index in [0.29, 0.717) is 0 Å². The Morgan fingerprint density at radius 1 is 1.60 bits per heavy atom. The summed E-state index contributed by atoms with van der Waals surface area (Å²) in [5, 5.41) is 11.3. The third kappa shape index (κ3) is 3.86. The summed E-state index contributed by atoms with van der Waals surface area (Å²) < 4.78 is 15.0. The van der Waals surface area contributed by atoms with Gasteiger partial charge in [-0.25, -0.2) is 4.57 Å². The lowest BCUT2D eigenvalue weighted by molar-refractivity contribution is -0.143. The summed E-state index contributed by atoms with van der Waals surface area (Å²) in [7, 11) is -4.64. The monoisotopic (exact) mass is 240 g/mol. The number of nitrogens with zero attached hydrogens (tertiary/aromatic N) is 1. The molecule has 1 atom stereocenters. The number of aliphatic hydroxyl groups excluding tert-OH is 1. The lowest BCUT2D eigenvalue weighted by Gasteiger charge is -2.34. The van der Waals surface area contributed by atoms with Crippen molar-refractivity contribution >= 4 is 13.7 Å². The normalized spacial score (nSPS) is 23.3. The van der Waals surface area contributed by atoms with Crippen LogP contribution >= 0.6 is 7.82 Å². The maximum absolute atomic E-state index is 11.3. The number of carbonyl (C=O) groups excluding carboxylic acids is 1. The predicted molar refractivity (Wildman–Crippen MR) is 48.6 cm³/mol. The molecular weight excluding hydrogens is 227 g/mol. The first-order valence-corrected chi connectivity index (χ1v) is 5.82. The molecule has 88 valence electrons. The van der Waals surface area contributed by atoms with Gasteiger partial charge in [-0.3, -0.25) is 9.32 Å². The summed E-state index contributed by atoms with van der Waals surface area (Å²) in [4.78, 5) is 29.6. The van der Waals surface area contributed by atoms with Gasteiger partial charge in [0.1, 0.15) is 0 Å². The van der Waals surface area contributed by atoms with E-state index in [4.69, 9.17) is 14.9 Å². The minimum atomic E-state index is -4.64. The van der Waals surface area contributed by atoms with Crippen LogP contribution in [0.3, 0.4) is 0 Å². The van der Waals surface area contributed by atoms with Gasteiger partial charge >= 0.3 is 7.82 Å². The topological polar surface area (TPSA) is 119 Å². The van der Waals surface area contributed by atoms with Crippen LogP contribution in [0.1, 0.15) is 0 Å². The van der Waals surface area contributed by atoms with Gasteiger partial charge in [-0.2, -0.15) is 0 Å². The second-order valence-corrected chi connectivity index (χ2v) is 4.18. The molecule has 0 saturated carbocycles. The molecule has 0 aromatic carbocycles. The van der Waals surface area contributed by atoms with Crippen LogP contribution in [0, 0.1) is 0 Å². The van der Waals surface area contributed by atoms with Crippen LogP contribution in [-0.4, -0.2) is 58.2 Å². The molecular formula is C6H13N2O6P. The summed E-state index contributed by atoms with van der Waals surface area (Å²) in [6, 6.07) is 0. The molecule has 0 aromatic heterocycles. The largest absolute Gasteiger partial charge is 0.471 e. The van der Waals surface area contributed by atoms with Crippen LogP contribution in [-0.2, 0) is 13.9 Å². The summed E-state index contributed by atoms with van der Waals surface area (Å²) in [5.74, 6) is -0.367. The van der Waals surface area contributed by atoms with Gasteiger partial charge in [-0.05, 0) is 0 Å². The first-order valence-electron chi connectivity index (χ1n) is 4.29. The van der Waals surface area contributed by atoms with Crippen molar-refractivity contribution in [3.8, 4) is 0 Å². The first kappa shape index (κ1) is 12.6. The van der Waals surface area contributed by atoms with Crippen molar-refractivity contribution in [3.05, 3.63) is 0 Å². The van der Waals surface area contributed by atoms with Crippen molar-refractivity contribution in [2.24, 2.45) is 0 Å². The molecule has 0 radical (unpaired) electrons. The van der Waals surface area contributed by atoms with E-state index >= 15 is 0 Å². The summed E-state index contributed by atoms with van der Waals surface area (Å²) in [5.41, 5.74) is 0. The molecule has 9 heteroatoms. The molecule has 1 aliphatic rings. The van der Waals surface area contributed by atoms with Gasteiger partial charge < -0.3 is 25.1 Å².